The SMILES string of the molecule is C[Si]1(C)c2ccccc2-c2cc3c(-c4ccc5c6c(cccc46)-c4ccccc4-5)c4ccc(-c5ccc6c7cccc8cccc(c9cccc5c96)c87)cc4c(-c4ccc5c6c(cccc46)-c4ccccc4-5)c3cc21. The van der Waals surface area contributed by atoms with Crippen LogP contribution in [0.25, 0.3) is 175 Å². The molecule has 0 radical (unpaired) electrons. The molecule has 1 heterocycles. The second-order valence-corrected chi connectivity index (χ2v) is 26.4. The maximum Gasteiger partial charge on any atom is 0.113 e. The summed E-state index contributed by atoms with van der Waals surface area (Å²) in [6.45, 7) is 5.13. The zero-order valence-electron chi connectivity index (χ0n) is 41.4. The maximum absolute atomic E-state index is 2.68. The molecule has 0 bridgehead atoms. The van der Waals surface area contributed by atoms with Crippen LogP contribution in [-0.2, 0) is 0 Å². The molecule has 1 heteroatoms. The van der Waals surface area contributed by atoms with Crippen LogP contribution < -0.4 is 10.4 Å². The van der Waals surface area contributed by atoms with Crippen LogP contribution in [0.15, 0.2) is 231 Å². The Morgan fingerprint density at radius 3 is 1.25 bits per heavy atom. The number of fused-ring (bicyclic) bond motifs is 13. The Hall–Kier alpha value is -9.14. The van der Waals surface area contributed by atoms with Gasteiger partial charge in [0.1, 0.15) is 8.07 Å². The van der Waals surface area contributed by atoms with Crippen molar-refractivity contribution in [1.82, 2.24) is 0 Å². The van der Waals surface area contributed by atoms with Gasteiger partial charge in [0.2, 0.25) is 0 Å². The van der Waals surface area contributed by atoms with Gasteiger partial charge in [-0.05, 0) is 198 Å². The normalized spacial score (nSPS) is 13.6. The van der Waals surface area contributed by atoms with Crippen LogP contribution >= 0.6 is 0 Å². The summed E-state index contributed by atoms with van der Waals surface area (Å²) in [4.78, 5) is 0. The molecule has 1 aliphatic heterocycles. The third-order valence-electron chi connectivity index (χ3n) is 18.3. The van der Waals surface area contributed by atoms with Crippen molar-refractivity contribution in [2.75, 3.05) is 0 Å². The van der Waals surface area contributed by atoms with E-state index < -0.39 is 8.07 Å². The van der Waals surface area contributed by atoms with E-state index in [0.29, 0.717) is 0 Å². The van der Waals surface area contributed by atoms with Gasteiger partial charge in [-0.25, -0.2) is 0 Å². The fourth-order valence-corrected chi connectivity index (χ4v) is 18.2. The Morgan fingerprint density at radius 1 is 0.213 bits per heavy atom. The van der Waals surface area contributed by atoms with Crippen molar-refractivity contribution in [3.63, 3.8) is 0 Å². The molecule has 0 aromatic heterocycles. The lowest BCUT2D eigenvalue weighted by Gasteiger charge is -2.24. The molecular weight excluding hydrogens is 917 g/mol. The molecule has 0 N–H and O–H groups in total. The Bertz CT molecular complexity index is 5040. The van der Waals surface area contributed by atoms with Crippen LogP contribution in [0.5, 0.6) is 0 Å². The molecule has 344 valence electrons. The summed E-state index contributed by atoms with van der Waals surface area (Å²) in [6.07, 6.45) is 0. The van der Waals surface area contributed by atoms with Gasteiger partial charge in [0, 0.05) is 0 Å². The van der Waals surface area contributed by atoms with Crippen LogP contribution in [0.2, 0.25) is 13.1 Å². The molecule has 0 spiro atoms. The standard InChI is InChI=1S/C74H44Si/c1-75(2)67-29-8-7-20-48(67)63-39-65-66(40-68(63)75)74(61-37-35-58-47-19-6-4-17-45(47)51-25-13-28-56(61)72(51)58)64-38-42(43-32-33-59-53-22-10-15-41-14-9-21-52(69(41)53)54-26-11-23-49(43)70(54)59)30-31-62(64)73(65)60-36-34-57-46-18-5-3-16-44(46)50-24-12-27-55(60)71(50)57/h3-40H,1-2H3. The van der Waals surface area contributed by atoms with E-state index in [-0.39, 0.29) is 0 Å². The van der Waals surface area contributed by atoms with E-state index in [0.717, 1.165) is 0 Å². The molecule has 0 unspecified atom stereocenters. The first-order valence-electron chi connectivity index (χ1n) is 26.6. The molecule has 0 saturated carbocycles. The van der Waals surface area contributed by atoms with Gasteiger partial charge in [-0.15, -0.1) is 0 Å². The Labute approximate surface area is 434 Å². The van der Waals surface area contributed by atoms with Gasteiger partial charge in [-0.3, -0.25) is 0 Å². The predicted molar refractivity (Wildman–Crippen MR) is 325 cm³/mol. The predicted octanol–water partition coefficient (Wildman–Crippen LogP) is 19.4. The van der Waals surface area contributed by atoms with E-state index in [2.05, 4.69) is 244 Å². The van der Waals surface area contributed by atoms with E-state index in [1.165, 1.54) is 186 Å². The van der Waals surface area contributed by atoms with Crippen LogP contribution in [0, 0.1) is 0 Å². The molecular formula is C74H44Si. The van der Waals surface area contributed by atoms with Crippen molar-refractivity contribution in [2.45, 2.75) is 13.1 Å². The van der Waals surface area contributed by atoms with Gasteiger partial charge in [0.25, 0.3) is 0 Å². The monoisotopic (exact) mass is 960 g/mol. The second-order valence-electron chi connectivity index (χ2n) is 22.1. The summed E-state index contributed by atoms with van der Waals surface area (Å²) in [7, 11) is -2.12. The Kier molecular flexibility index (Phi) is 7.60. The second kappa shape index (κ2) is 14.1. The molecule has 2 aliphatic carbocycles. The van der Waals surface area contributed by atoms with Crippen molar-refractivity contribution >= 4 is 105 Å². The average molecular weight is 961 g/mol. The first-order valence-corrected chi connectivity index (χ1v) is 29.6. The smallest absolute Gasteiger partial charge is 0.0623 e. The van der Waals surface area contributed by atoms with Crippen molar-refractivity contribution in [3.8, 4) is 89.0 Å². The zero-order chi connectivity index (χ0) is 49.0. The van der Waals surface area contributed by atoms with Gasteiger partial charge >= 0.3 is 0 Å². The van der Waals surface area contributed by atoms with Crippen LogP contribution in [0.1, 0.15) is 0 Å². The van der Waals surface area contributed by atoms with Gasteiger partial charge in [0.05, 0.1) is 0 Å². The lowest BCUT2D eigenvalue weighted by atomic mass is 9.81. The quantitative estimate of drug-likeness (QED) is 0.0940. The largest absolute Gasteiger partial charge is 0.113 e. The summed E-state index contributed by atoms with van der Waals surface area (Å²) in [6, 6.07) is 89.2. The van der Waals surface area contributed by atoms with Crippen molar-refractivity contribution in [2.24, 2.45) is 0 Å². The molecule has 0 nitrogen and oxygen atoms in total. The van der Waals surface area contributed by atoms with Gasteiger partial charge in [-0.1, -0.05) is 231 Å². The lowest BCUT2D eigenvalue weighted by molar-refractivity contribution is 1.68. The summed E-state index contributed by atoms with van der Waals surface area (Å²) < 4.78 is 0. The van der Waals surface area contributed by atoms with Gasteiger partial charge in [0.15, 0.2) is 0 Å². The third kappa shape index (κ3) is 5.02. The summed E-state index contributed by atoms with van der Waals surface area (Å²) in [5, 5.41) is 24.1. The summed E-state index contributed by atoms with van der Waals surface area (Å²) >= 11 is 0. The molecule has 15 aromatic rings. The first-order chi connectivity index (χ1) is 37.0. The van der Waals surface area contributed by atoms with E-state index in [1.54, 1.807) is 0 Å². The number of hydrogen-bond donors (Lipinski definition) is 0. The van der Waals surface area contributed by atoms with Crippen molar-refractivity contribution in [3.05, 3.63) is 231 Å². The average Bonchev–Trinajstić information content (AvgIpc) is 4.05. The molecule has 0 saturated heterocycles. The minimum atomic E-state index is -2.12. The van der Waals surface area contributed by atoms with Crippen molar-refractivity contribution in [1.29, 1.82) is 0 Å². The van der Waals surface area contributed by atoms with Crippen LogP contribution in [-0.4, -0.2) is 8.07 Å². The highest BCUT2D eigenvalue weighted by molar-refractivity contribution is 7.04. The zero-order valence-corrected chi connectivity index (χ0v) is 42.4. The van der Waals surface area contributed by atoms with Gasteiger partial charge < -0.3 is 0 Å². The van der Waals surface area contributed by atoms with E-state index in [1.807, 2.05) is 0 Å². The van der Waals surface area contributed by atoms with Crippen LogP contribution in [0.4, 0.5) is 0 Å². The highest BCUT2D eigenvalue weighted by Gasteiger charge is 2.38. The Morgan fingerprint density at radius 2 is 0.627 bits per heavy atom. The minimum Gasteiger partial charge on any atom is -0.0623 e. The van der Waals surface area contributed by atoms with E-state index >= 15 is 0 Å². The topological polar surface area (TPSA) is 0 Å². The first kappa shape index (κ1) is 40.4. The fraction of sp³-hybridized carbons (Fsp3) is 0.0270. The van der Waals surface area contributed by atoms with E-state index in [4.69, 9.17) is 0 Å². The van der Waals surface area contributed by atoms with Gasteiger partial charge in [-0.2, -0.15) is 0 Å². The van der Waals surface area contributed by atoms with Crippen molar-refractivity contribution < 1.29 is 0 Å². The molecule has 0 atom stereocenters. The lowest BCUT2D eigenvalue weighted by Crippen LogP contribution is -2.49. The highest BCUT2D eigenvalue weighted by atomic mass is 28.3. The highest BCUT2D eigenvalue weighted by Crippen LogP contribution is 2.56. The number of hydrogen-bond acceptors (Lipinski definition) is 0. The van der Waals surface area contributed by atoms with Crippen LogP contribution in [0.3, 0.4) is 0 Å². The maximum atomic E-state index is 2.68. The Balaban J connectivity index is 1.01. The molecule has 0 amide bonds. The molecule has 15 aromatic carbocycles. The number of benzene rings is 15. The minimum absolute atomic E-state index is 1.23. The third-order valence-corrected chi connectivity index (χ3v) is 21.8. The summed E-state index contributed by atoms with van der Waals surface area (Å²) in [5.41, 5.74) is 21.1. The fourth-order valence-electron chi connectivity index (χ4n) is 15.1. The summed E-state index contributed by atoms with van der Waals surface area (Å²) in [5.74, 6) is 0. The van der Waals surface area contributed by atoms with E-state index in [9.17, 15) is 0 Å². The molecule has 3 aliphatic rings. The molecule has 75 heavy (non-hydrogen) atoms. The number of rotatable bonds is 3. The molecule has 18 rings (SSSR count). The molecule has 0 fully saturated rings.